The van der Waals surface area contributed by atoms with Crippen molar-refractivity contribution in [3.05, 3.63) is 24.2 Å². The van der Waals surface area contributed by atoms with Gasteiger partial charge in [0.15, 0.2) is 12.0 Å². The second kappa shape index (κ2) is 6.08. The Morgan fingerprint density at radius 2 is 2.20 bits per heavy atom. The number of rotatable bonds is 1. The monoisotopic (exact) mass is 140 g/mol. The van der Waals surface area contributed by atoms with Crippen molar-refractivity contribution < 1.29 is 9.21 Å². The van der Waals surface area contributed by atoms with Crippen molar-refractivity contribution in [1.29, 1.82) is 0 Å². The van der Waals surface area contributed by atoms with E-state index in [9.17, 15) is 4.79 Å². The first-order chi connectivity index (χ1) is 4.85. The largest absolute Gasteiger partial charge is 0.462 e. The van der Waals surface area contributed by atoms with E-state index in [0.29, 0.717) is 12.0 Å². The van der Waals surface area contributed by atoms with Crippen LogP contribution >= 0.6 is 0 Å². The van der Waals surface area contributed by atoms with Crippen LogP contribution in [0.25, 0.3) is 0 Å². The third-order valence-corrected chi connectivity index (χ3v) is 0.659. The molecule has 0 saturated heterocycles. The van der Waals surface area contributed by atoms with Crippen LogP contribution in [0.5, 0.6) is 0 Å². The van der Waals surface area contributed by atoms with Gasteiger partial charge in [0.2, 0.25) is 0 Å². The molecule has 2 heteroatoms. The van der Waals surface area contributed by atoms with Gasteiger partial charge in [-0.3, -0.25) is 4.79 Å². The molecule has 0 atom stereocenters. The highest BCUT2D eigenvalue weighted by Crippen LogP contribution is 1.92. The molecule has 1 aromatic heterocycles. The summed E-state index contributed by atoms with van der Waals surface area (Å²) in [6.45, 7) is 4.25. The lowest BCUT2D eigenvalue weighted by Gasteiger charge is -1.68. The van der Waals surface area contributed by atoms with Crippen LogP contribution in [-0.2, 0) is 0 Å². The summed E-state index contributed by atoms with van der Waals surface area (Å²) in [5.41, 5.74) is 0. The normalized spacial score (nSPS) is 7.80. The van der Waals surface area contributed by atoms with Crippen LogP contribution < -0.4 is 0 Å². The second-order valence-electron chi connectivity index (χ2n) is 1.84. The first kappa shape index (κ1) is 8.95. The van der Waals surface area contributed by atoms with Crippen molar-refractivity contribution in [1.82, 2.24) is 0 Å². The Labute approximate surface area is 60.9 Å². The van der Waals surface area contributed by atoms with Gasteiger partial charge < -0.3 is 4.42 Å². The Morgan fingerprint density at radius 1 is 1.60 bits per heavy atom. The smallest absolute Gasteiger partial charge is 0.185 e. The van der Waals surface area contributed by atoms with Crippen molar-refractivity contribution in [2.45, 2.75) is 20.3 Å². The molecule has 56 valence electrons. The molecule has 0 radical (unpaired) electrons. The first-order valence-corrected chi connectivity index (χ1v) is 3.33. The molecular formula is C8H12O2. The summed E-state index contributed by atoms with van der Waals surface area (Å²) in [5.74, 6) is 0.375. The number of aldehydes is 1. The predicted molar refractivity (Wildman–Crippen MR) is 40.1 cm³/mol. The Balaban J connectivity index is 0.000000236. The SMILES string of the molecule is CCC.O=Cc1ccco1. The molecule has 2 nitrogen and oxygen atoms in total. The molecule has 0 fully saturated rings. The molecule has 0 spiro atoms. The van der Waals surface area contributed by atoms with Crippen molar-refractivity contribution in [2.75, 3.05) is 0 Å². The fraction of sp³-hybridized carbons (Fsp3) is 0.375. The average molecular weight is 140 g/mol. The fourth-order valence-electron chi connectivity index (χ4n) is 0.358. The number of carbonyl (C=O) groups is 1. The van der Waals surface area contributed by atoms with Gasteiger partial charge in [0.05, 0.1) is 6.26 Å². The molecule has 0 unspecified atom stereocenters. The van der Waals surface area contributed by atoms with E-state index in [-0.39, 0.29) is 0 Å². The van der Waals surface area contributed by atoms with Gasteiger partial charge in [-0.2, -0.15) is 0 Å². The summed E-state index contributed by atoms with van der Waals surface area (Å²) < 4.78 is 4.61. The van der Waals surface area contributed by atoms with Crippen molar-refractivity contribution in [2.24, 2.45) is 0 Å². The third-order valence-electron chi connectivity index (χ3n) is 0.659. The molecule has 0 aliphatic rings. The molecule has 0 saturated carbocycles. The number of carbonyl (C=O) groups excluding carboxylic acids is 1. The summed E-state index contributed by atoms with van der Waals surface area (Å²) in [5, 5.41) is 0. The highest BCUT2D eigenvalue weighted by Gasteiger charge is 1.84. The van der Waals surface area contributed by atoms with Crippen LogP contribution in [0, 0.1) is 0 Å². The molecule has 1 rings (SSSR count). The molecule has 0 N–H and O–H groups in total. The lowest BCUT2D eigenvalue weighted by molar-refractivity contribution is 0.110. The van der Waals surface area contributed by atoms with E-state index < -0.39 is 0 Å². The van der Waals surface area contributed by atoms with E-state index in [0.717, 1.165) is 0 Å². The molecule has 1 aromatic rings. The predicted octanol–water partition coefficient (Wildman–Crippen LogP) is 2.51. The number of hydrogen-bond donors (Lipinski definition) is 0. The Morgan fingerprint density at radius 3 is 2.40 bits per heavy atom. The molecule has 10 heavy (non-hydrogen) atoms. The van der Waals surface area contributed by atoms with E-state index in [1.807, 2.05) is 0 Å². The Kier molecular flexibility index (Phi) is 5.44. The van der Waals surface area contributed by atoms with Gasteiger partial charge in [0, 0.05) is 0 Å². The molecule has 0 amide bonds. The average Bonchev–Trinajstić information content (AvgIpc) is 2.39. The highest BCUT2D eigenvalue weighted by atomic mass is 16.3. The zero-order valence-corrected chi connectivity index (χ0v) is 6.33. The summed E-state index contributed by atoms with van der Waals surface area (Å²) >= 11 is 0. The minimum atomic E-state index is 0.375. The topological polar surface area (TPSA) is 30.2 Å². The Bertz CT molecular complexity index is 154. The molecule has 1 heterocycles. The van der Waals surface area contributed by atoms with Gasteiger partial charge in [-0.15, -0.1) is 0 Å². The van der Waals surface area contributed by atoms with Crippen molar-refractivity contribution >= 4 is 6.29 Å². The van der Waals surface area contributed by atoms with Gasteiger partial charge in [-0.25, -0.2) is 0 Å². The molecule has 0 aromatic carbocycles. The van der Waals surface area contributed by atoms with Crippen LogP contribution in [0.4, 0.5) is 0 Å². The fourth-order valence-corrected chi connectivity index (χ4v) is 0.358. The van der Waals surface area contributed by atoms with Crippen LogP contribution in [0.3, 0.4) is 0 Å². The number of furan rings is 1. The van der Waals surface area contributed by atoms with E-state index in [2.05, 4.69) is 18.3 Å². The van der Waals surface area contributed by atoms with Crippen LogP contribution in [0.15, 0.2) is 22.8 Å². The van der Waals surface area contributed by atoms with E-state index in [4.69, 9.17) is 0 Å². The summed E-state index contributed by atoms with van der Waals surface area (Å²) in [6.07, 6.45) is 3.38. The first-order valence-electron chi connectivity index (χ1n) is 3.33. The number of hydrogen-bond acceptors (Lipinski definition) is 2. The molecule has 0 aliphatic heterocycles. The third kappa shape index (κ3) is 3.89. The zero-order valence-electron chi connectivity index (χ0n) is 6.33. The molecule has 0 bridgehead atoms. The summed E-state index contributed by atoms with van der Waals surface area (Å²) in [4.78, 5) is 9.77. The molecular weight excluding hydrogens is 128 g/mol. The lowest BCUT2D eigenvalue weighted by Crippen LogP contribution is -1.65. The highest BCUT2D eigenvalue weighted by molar-refractivity contribution is 5.69. The van der Waals surface area contributed by atoms with Crippen molar-refractivity contribution in [3.8, 4) is 0 Å². The maximum absolute atomic E-state index is 9.77. The molecule has 0 aliphatic carbocycles. The Hall–Kier alpha value is -1.05. The maximum atomic E-state index is 9.77. The van der Waals surface area contributed by atoms with E-state index in [1.165, 1.54) is 12.7 Å². The van der Waals surface area contributed by atoms with Crippen LogP contribution in [0.1, 0.15) is 30.8 Å². The summed E-state index contributed by atoms with van der Waals surface area (Å²) in [7, 11) is 0. The van der Waals surface area contributed by atoms with Crippen LogP contribution in [-0.4, -0.2) is 6.29 Å². The minimum Gasteiger partial charge on any atom is -0.462 e. The van der Waals surface area contributed by atoms with Crippen molar-refractivity contribution in [3.63, 3.8) is 0 Å². The van der Waals surface area contributed by atoms with Gasteiger partial charge in [-0.1, -0.05) is 20.3 Å². The second-order valence-corrected chi connectivity index (χ2v) is 1.84. The van der Waals surface area contributed by atoms with E-state index >= 15 is 0 Å². The quantitative estimate of drug-likeness (QED) is 0.561. The zero-order chi connectivity index (χ0) is 7.82. The maximum Gasteiger partial charge on any atom is 0.185 e. The van der Waals surface area contributed by atoms with Gasteiger partial charge >= 0.3 is 0 Å². The summed E-state index contributed by atoms with van der Waals surface area (Å²) in [6, 6.07) is 3.27. The van der Waals surface area contributed by atoms with Gasteiger partial charge in [0.1, 0.15) is 0 Å². The van der Waals surface area contributed by atoms with Gasteiger partial charge in [0.25, 0.3) is 0 Å². The van der Waals surface area contributed by atoms with E-state index in [1.54, 1.807) is 12.1 Å². The standard InChI is InChI=1S/C5H4O2.C3H8/c6-4-5-2-1-3-7-5;1-3-2/h1-4H;3H2,1-2H3. The van der Waals surface area contributed by atoms with Crippen LogP contribution in [0.2, 0.25) is 0 Å². The lowest BCUT2D eigenvalue weighted by atomic mass is 10.5. The van der Waals surface area contributed by atoms with Gasteiger partial charge in [-0.05, 0) is 12.1 Å². The minimum absolute atomic E-state index is 0.375.